The molecule has 0 radical (unpaired) electrons. The molecule has 0 spiro atoms. The van der Waals surface area contributed by atoms with Crippen LogP contribution in [0.4, 0.5) is 11.4 Å². The molecule has 1 aliphatic heterocycles. The van der Waals surface area contributed by atoms with Crippen LogP contribution >= 0.6 is 0 Å². The van der Waals surface area contributed by atoms with Crippen LogP contribution in [0.2, 0.25) is 0 Å². The molecule has 28 heavy (non-hydrogen) atoms. The number of phenols is 1. The van der Waals surface area contributed by atoms with Crippen molar-refractivity contribution in [2.24, 2.45) is 23.7 Å². The first kappa shape index (κ1) is 16.7. The Bertz CT molecular complexity index is 997. The van der Waals surface area contributed by atoms with Gasteiger partial charge in [0.15, 0.2) is 0 Å². The van der Waals surface area contributed by atoms with E-state index in [4.69, 9.17) is 0 Å². The largest absolute Gasteiger partial charge is 0.508 e. The maximum absolute atomic E-state index is 12.8. The lowest BCUT2D eigenvalue weighted by Gasteiger charge is -2.17. The minimum Gasteiger partial charge on any atom is -0.508 e. The first-order valence-electron chi connectivity index (χ1n) is 9.29. The highest BCUT2D eigenvalue weighted by Crippen LogP contribution is 2.53. The Labute approximate surface area is 161 Å². The standard InChI is InChI=1S/C22H18N2O4/c25-17-3-1-2-15(11-17)23-20(26)12-6-8-16(9-7-12)24-21(27)18-13-4-5-14(10-13)19(18)22(24)28/h1-9,11,13-14,18-19,25H,10H2,(H,23,26)/t13-,14+,18-,19+. The third kappa shape index (κ3) is 2.45. The molecule has 2 fully saturated rings. The fourth-order valence-electron chi connectivity index (χ4n) is 4.71. The van der Waals surface area contributed by atoms with Gasteiger partial charge >= 0.3 is 0 Å². The van der Waals surface area contributed by atoms with Crippen LogP contribution in [0.5, 0.6) is 5.75 Å². The molecule has 0 unspecified atom stereocenters. The number of hydrogen-bond donors (Lipinski definition) is 2. The number of fused-ring (bicyclic) bond motifs is 5. The summed E-state index contributed by atoms with van der Waals surface area (Å²) in [5.41, 5.74) is 1.38. The summed E-state index contributed by atoms with van der Waals surface area (Å²) in [4.78, 5) is 39.4. The molecule has 0 aromatic heterocycles. The maximum Gasteiger partial charge on any atom is 0.255 e. The van der Waals surface area contributed by atoms with Crippen LogP contribution in [0.3, 0.4) is 0 Å². The Morgan fingerprint density at radius 3 is 2.21 bits per heavy atom. The van der Waals surface area contributed by atoms with Crippen LogP contribution in [0.25, 0.3) is 0 Å². The van der Waals surface area contributed by atoms with E-state index in [-0.39, 0.29) is 47.1 Å². The Kier molecular flexibility index (Phi) is 3.62. The molecule has 6 nitrogen and oxygen atoms in total. The quantitative estimate of drug-likeness (QED) is 0.639. The summed E-state index contributed by atoms with van der Waals surface area (Å²) in [7, 11) is 0. The molecule has 2 aromatic carbocycles. The van der Waals surface area contributed by atoms with Crippen LogP contribution in [0, 0.1) is 23.7 Å². The molecule has 140 valence electrons. The molecule has 2 aromatic rings. The molecular weight excluding hydrogens is 356 g/mol. The Hall–Kier alpha value is -3.41. The molecule has 1 saturated carbocycles. The number of carbonyl (C=O) groups is 3. The van der Waals surface area contributed by atoms with Crippen LogP contribution < -0.4 is 10.2 Å². The molecule has 6 heteroatoms. The van der Waals surface area contributed by atoms with Gasteiger partial charge in [-0.25, -0.2) is 0 Å². The van der Waals surface area contributed by atoms with Crippen molar-refractivity contribution in [3.63, 3.8) is 0 Å². The summed E-state index contributed by atoms with van der Waals surface area (Å²) in [6, 6.07) is 12.7. The van der Waals surface area contributed by atoms with Crippen molar-refractivity contribution in [2.75, 3.05) is 10.2 Å². The van der Waals surface area contributed by atoms with E-state index in [1.165, 1.54) is 17.0 Å². The van der Waals surface area contributed by atoms with Crippen LogP contribution in [0.15, 0.2) is 60.7 Å². The SMILES string of the molecule is O=C(Nc1cccc(O)c1)c1ccc(N2C(=O)[C@@H]3[C@H](C2=O)[C@@H]2C=C[C@H]3C2)cc1. The lowest BCUT2D eigenvalue weighted by atomic mass is 9.85. The number of allylic oxidation sites excluding steroid dienone is 2. The zero-order valence-electron chi connectivity index (χ0n) is 14.9. The lowest BCUT2D eigenvalue weighted by molar-refractivity contribution is -0.123. The van der Waals surface area contributed by atoms with Crippen molar-refractivity contribution < 1.29 is 19.5 Å². The predicted molar refractivity (Wildman–Crippen MR) is 103 cm³/mol. The van der Waals surface area contributed by atoms with Crippen molar-refractivity contribution in [1.82, 2.24) is 0 Å². The molecule has 2 aliphatic carbocycles. The molecular formula is C22H18N2O4. The summed E-state index contributed by atoms with van der Waals surface area (Å²) >= 11 is 0. The minimum atomic E-state index is -0.338. The monoisotopic (exact) mass is 374 g/mol. The van der Waals surface area contributed by atoms with Gasteiger partial charge in [-0.05, 0) is 54.7 Å². The van der Waals surface area contributed by atoms with Gasteiger partial charge in [0.2, 0.25) is 11.8 Å². The van der Waals surface area contributed by atoms with Crippen molar-refractivity contribution in [1.29, 1.82) is 0 Å². The molecule has 1 heterocycles. The molecule has 3 aliphatic rings. The first-order valence-corrected chi connectivity index (χ1v) is 9.29. The molecule has 4 atom stereocenters. The Balaban J connectivity index is 1.35. The number of nitrogens with one attached hydrogen (secondary N) is 1. The molecule has 2 N–H and O–H groups in total. The number of rotatable bonds is 3. The normalized spacial score (nSPS) is 27.4. The van der Waals surface area contributed by atoms with Crippen LogP contribution in [0.1, 0.15) is 16.8 Å². The highest BCUT2D eigenvalue weighted by atomic mass is 16.3. The second kappa shape index (κ2) is 6.05. The van der Waals surface area contributed by atoms with E-state index < -0.39 is 0 Å². The van der Waals surface area contributed by atoms with Crippen LogP contribution in [-0.2, 0) is 9.59 Å². The van der Waals surface area contributed by atoms with Gasteiger partial charge in [0, 0.05) is 17.3 Å². The number of hydrogen-bond acceptors (Lipinski definition) is 4. The van der Waals surface area contributed by atoms with Gasteiger partial charge in [0.25, 0.3) is 5.91 Å². The minimum absolute atomic E-state index is 0.0632. The predicted octanol–water partition coefficient (Wildman–Crippen LogP) is 2.96. The van der Waals surface area contributed by atoms with E-state index in [9.17, 15) is 19.5 Å². The smallest absolute Gasteiger partial charge is 0.255 e. The summed E-state index contributed by atoms with van der Waals surface area (Å²) in [5, 5.41) is 12.2. The highest BCUT2D eigenvalue weighted by molar-refractivity contribution is 6.23. The van der Waals surface area contributed by atoms with E-state index in [1.54, 1.807) is 36.4 Å². The van der Waals surface area contributed by atoms with E-state index in [0.717, 1.165) is 6.42 Å². The number of amides is 3. The van der Waals surface area contributed by atoms with Gasteiger partial charge in [-0.1, -0.05) is 18.2 Å². The Morgan fingerprint density at radius 2 is 1.61 bits per heavy atom. The van der Waals surface area contributed by atoms with E-state index in [0.29, 0.717) is 16.9 Å². The number of imide groups is 1. The Morgan fingerprint density at radius 1 is 0.964 bits per heavy atom. The number of phenolic OH excluding ortho intramolecular Hbond substituents is 1. The fourth-order valence-corrected chi connectivity index (χ4v) is 4.71. The van der Waals surface area contributed by atoms with Gasteiger partial charge in [0.1, 0.15) is 5.75 Å². The molecule has 3 amide bonds. The summed E-state index contributed by atoms with van der Waals surface area (Å²) < 4.78 is 0. The zero-order valence-corrected chi connectivity index (χ0v) is 14.9. The molecule has 5 rings (SSSR count). The summed E-state index contributed by atoms with van der Waals surface area (Å²) in [5.74, 6) is -0.684. The van der Waals surface area contributed by atoms with Gasteiger partial charge in [-0.15, -0.1) is 0 Å². The van der Waals surface area contributed by atoms with E-state index in [2.05, 4.69) is 17.5 Å². The van der Waals surface area contributed by atoms with Gasteiger partial charge in [-0.3, -0.25) is 19.3 Å². The first-order chi connectivity index (χ1) is 13.5. The van der Waals surface area contributed by atoms with Crippen molar-refractivity contribution >= 4 is 29.1 Å². The van der Waals surface area contributed by atoms with E-state index in [1.807, 2.05) is 0 Å². The summed E-state index contributed by atoms with van der Waals surface area (Å²) in [6.07, 6.45) is 5.03. The van der Waals surface area contributed by atoms with Crippen molar-refractivity contribution in [3.8, 4) is 5.75 Å². The molecule has 2 bridgehead atoms. The van der Waals surface area contributed by atoms with Gasteiger partial charge in [0.05, 0.1) is 17.5 Å². The second-order valence-electron chi connectivity index (χ2n) is 7.56. The number of benzene rings is 2. The lowest BCUT2D eigenvalue weighted by Crippen LogP contribution is -2.32. The second-order valence-corrected chi connectivity index (χ2v) is 7.56. The maximum atomic E-state index is 12.8. The number of aromatic hydroxyl groups is 1. The average molecular weight is 374 g/mol. The number of nitrogens with zero attached hydrogens (tertiary/aromatic N) is 1. The highest BCUT2D eigenvalue weighted by Gasteiger charge is 2.59. The average Bonchev–Trinajstić information content (AvgIpc) is 3.36. The fraction of sp³-hybridized carbons (Fsp3) is 0.227. The summed E-state index contributed by atoms with van der Waals surface area (Å²) in [6.45, 7) is 0. The van der Waals surface area contributed by atoms with Crippen molar-refractivity contribution in [3.05, 3.63) is 66.2 Å². The third-order valence-electron chi connectivity index (χ3n) is 5.96. The zero-order chi connectivity index (χ0) is 19.4. The van der Waals surface area contributed by atoms with Crippen molar-refractivity contribution in [2.45, 2.75) is 6.42 Å². The number of carbonyl (C=O) groups excluding carboxylic acids is 3. The number of anilines is 2. The van der Waals surface area contributed by atoms with Gasteiger partial charge in [-0.2, -0.15) is 0 Å². The van der Waals surface area contributed by atoms with Crippen LogP contribution in [-0.4, -0.2) is 22.8 Å². The van der Waals surface area contributed by atoms with E-state index >= 15 is 0 Å². The topological polar surface area (TPSA) is 86.7 Å². The third-order valence-corrected chi connectivity index (χ3v) is 5.96. The molecule has 1 saturated heterocycles. The van der Waals surface area contributed by atoms with Gasteiger partial charge < -0.3 is 10.4 Å².